The second-order valence-corrected chi connectivity index (χ2v) is 7.92. The fourth-order valence-corrected chi connectivity index (χ4v) is 4.51. The van der Waals surface area contributed by atoms with E-state index in [4.69, 9.17) is 4.52 Å². The SMILES string of the molecule is Cn1cnc2ncn(Cc3nc([C@H]4[C@@H]5C=C(c6cccc(F)c6)C[C@@H]54)no3)c(=O)c21. The minimum Gasteiger partial charge on any atom is -0.337 e. The summed E-state index contributed by atoms with van der Waals surface area (Å²) >= 11 is 0. The predicted octanol–water partition coefficient (Wildman–Crippen LogP) is 2.52. The first-order chi connectivity index (χ1) is 14.6. The van der Waals surface area contributed by atoms with Gasteiger partial charge in [-0.05, 0) is 41.5 Å². The first-order valence-electron chi connectivity index (χ1n) is 9.74. The number of hydrogen-bond acceptors (Lipinski definition) is 6. The first-order valence-corrected chi connectivity index (χ1v) is 9.74. The molecule has 0 bridgehead atoms. The zero-order valence-corrected chi connectivity index (χ0v) is 16.1. The second kappa shape index (κ2) is 6.19. The predicted molar refractivity (Wildman–Crippen MR) is 105 cm³/mol. The van der Waals surface area contributed by atoms with Gasteiger partial charge in [-0.15, -0.1) is 0 Å². The van der Waals surface area contributed by atoms with Crippen molar-refractivity contribution in [3.8, 4) is 0 Å². The van der Waals surface area contributed by atoms with Gasteiger partial charge in [0.15, 0.2) is 17.0 Å². The van der Waals surface area contributed by atoms with Crippen molar-refractivity contribution in [1.29, 1.82) is 0 Å². The lowest BCUT2D eigenvalue weighted by molar-refractivity contribution is 0.364. The van der Waals surface area contributed by atoms with E-state index < -0.39 is 0 Å². The Morgan fingerprint density at radius 3 is 2.93 bits per heavy atom. The molecule has 9 heteroatoms. The van der Waals surface area contributed by atoms with Crippen molar-refractivity contribution in [2.24, 2.45) is 18.9 Å². The largest absolute Gasteiger partial charge is 0.337 e. The molecule has 0 unspecified atom stereocenters. The van der Waals surface area contributed by atoms with E-state index in [2.05, 4.69) is 26.2 Å². The molecule has 0 aliphatic heterocycles. The molecule has 3 aromatic heterocycles. The zero-order valence-electron chi connectivity index (χ0n) is 16.1. The van der Waals surface area contributed by atoms with Crippen molar-refractivity contribution >= 4 is 16.7 Å². The highest BCUT2D eigenvalue weighted by atomic mass is 19.1. The quantitative estimate of drug-likeness (QED) is 0.519. The van der Waals surface area contributed by atoms with Crippen LogP contribution in [0.3, 0.4) is 0 Å². The number of aromatic nitrogens is 6. The standard InChI is InChI=1S/C21H17FN6O2/c1-27-9-23-20-18(27)21(29)28(10-24-20)8-16-25-19(26-30-16)17-14-6-12(7-15(14)17)11-3-2-4-13(22)5-11/h2-6,9-10,14-15,17H,7-8H2,1H3/t14-,15+,17+/m1/s1. The average molecular weight is 404 g/mol. The number of imidazole rings is 1. The molecule has 2 aliphatic carbocycles. The summed E-state index contributed by atoms with van der Waals surface area (Å²) in [5, 5.41) is 4.14. The van der Waals surface area contributed by atoms with E-state index in [0.29, 0.717) is 34.7 Å². The summed E-state index contributed by atoms with van der Waals surface area (Å²) in [6, 6.07) is 6.70. The topological polar surface area (TPSA) is 91.6 Å². The summed E-state index contributed by atoms with van der Waals surface area (Å²) in [7, 11) is 1.75. The summed E-state index contributed by atoms with van der Waals surface area (Å²) in [5.74, 6) is 1.80. The lowest BCUT2D eigenvalue weighted by Crippen LogP contribution is -2.22. The van der Waals surface area contributed by atoms with Crippen LogP contribution in [0.25, 0.3) is 16.7 Å². The van der Waals surface area contributed by atoms with E-state index in [1.807, 2.05) is 6.07 Å². The van der Waals surface area contributed by atoms with Gasteiger partial charge in [0.05, 0.1) is 6.33 Å². The highest BCUT2D eigenvalue weighted by Gasteiger charge is 2.55. The van der Waals surface area contributed by atoms with Gasteiger partial charge in [0.2, 0.25) is 5.89 Å². The van der Waals surface area contributed by atoms with Gasteiger partial charge >= 0.3 is 0 Å². The van der Waals surface area contributed by atoms with Crippen LogP contribution in [0.2, 0.25) is 0 Å². The molecular weight excluding hydrogens is 387 g/mol. The van der Waals surface area contributed by atoms with Crippen LogP contribution in [0.15, 0.2) is 52.3 Å². The lowest BCUT2D eigenvalue weighted by Gasteiger charge is -2.05. The molecular formula is C21H17FN6O2. The van der Waals surface area contributed by atoms with Crippen molar-refractivity contribution in [2.45, 2.75) is 18.9 Å². The second-order valence-electron chi connectivity index (χ2n) is 7.92. The van der Waals surface area contributed by atoms with E-state index in [0.717, 1.165) is 12.0 Å². The maximum Gasteiger partial charge on any atom is 0.280 e. The lowest BCUT2D eigenvalue weighted by atomic mass is 10.0. The maximum atomic E-state index is 13.5. The van der Waals surface area contributed by atoms with Gasteiger partial charge in [0.1, 0.15) is 18.7 Å². The highest BCUT2D eigenvalue weighted by molar-refractivity contribution is 5.71. The van der Waals surface area contributed by atoms with Crippen molar-refractivity contribution in [2.75, 3.05) is 0 Å². The molecule has 6 rings (SSSR count). The Bertz CT molecular complexity index is 1380. The Morgan fingerprint density at radius 1 is 1.27 bits per heavy atom. The summed E-state index contributed by atoms with van der Waals surface area (Å²) in [4.78, 5) is 25.5. The van der Waals surface area contributed by atoms with Gasteiger partial charge in [-0.1, -0.05) is 23.4 Å². The highest BCUT2D eigenvalue weighted by Crippen LogP contribution is 2.62. The van der Waals surface area contributed by atoms with E-state index in [-0.39, 0.29) is 23.8 Å². The van der Waals surface area contributed by atoms with Crippen LogP contribution < -0.4 is 5.56 Å². The third-order valence-corrected chi connectivity index (χ3v) is 6.06. The molecule has 0 N–H and O–H groups in total. The molecule has 0 spiro atoms. The van der Waals surface area contributed by atoms with Crippen molar-refractivity contribution in [3.63, 3.8) is 0 Å². The van der Waals surface area contributed by atoms with Gasteiger partial charge in [-0.2, -0.15) is 4.98 Å². The number of rotatable bonds is 4. The summed E-state index contributed by atoms with van der Waals surface area (Å²) < 4.78 is 22.0. The number of halogens is 1. The number of nitrogens with zero attached hydrogens (tertiary/aromatic N) is 6. The van der Waals surface area contributed by atoms with Crippen molar-refractivity contribution < 1.29 is 8.91 Å². The van der Waals surface area contributed by atoms with Gasteiger partial charge in [-0.25, -0.2) is 14.4 Å². The Kier molecular flexibility index (Phi) is 3.56. The Balaban J connectivity index is 1.21. The van der Waals surface area contributed by atoms with Crippen LogP contribution in [0, 0.1) is 17.7 Å². The molecule has 3 heterocycles. The number of benzene rings is 1. The average Bonchev–Trinajstić information content (AvgIpc) is 3.16. The molecule has 30 heavy (non-hydrogen) atoms. The molecule has 150 valence electrons. The number of allylic oxidation sites excluding steroid dienone is 2. The van der Waals surface area contributed by atoms with E-state index in [9.17, 15) is 9.18 Å². The molecule has 4 aromatic rings. The molecule has 0 amide bonds. The normalized spacial score (nSPS) is 22.3. The third-order valence-electron chi connectivity index (χ3n) is 6.06. The van der Waals surface area contributed by atoms with Crippen molar-refractivity contribution in [3.05, 3.63) is 76.4 Å². The zero-order chi connectivity index (χ0) is 20.4. The summed E-state index contributed by atoms with van der Waals surface area (Å²) in [5.41, 5.74) is 2.75. The molecule has 8 nitrogen and oxygen atoms in total. The van der Waals surface area contributed by atoms with Gasteiger partial charge in [0.25, 0.3) is 5.56 Å². The molecule has 1 fully saturated rings. The Morgan fingerprint density at radius 2 is 2.13 bits per heavy atom. The molecule has 0 saturated heterocycles. The van der Waals surface area contributed by atoms with Gasteiger partial charge in [-0.3, -0.25) is 9.36 Å². The van der Waals surface area contributed by atoms with Crippen LogP contribution >= 0.6 is 0 Å². The summed E-state index contributed by atoms with van der Waals surface area (Å²) in [6.45, 7) is 0.159. The molecule has 3 atom stereocenters. The maximum absolute atomic E-state index is 13.5. The van der Waals surface area contributed by atoms with Crippen LogP contribution in [-0.2, 0) is 13.6 Å². The fourth-order valence-electron chi connectivity index (χ4n) is 4.51. The van der Waals surface area contributed by atoms with Crippen LogP contribution in [-0.4, -0.2) is 29.2 Å². The van der Waals surface area contributed by atoms with E-state index >= 15 is 0 Å². The van der Waals surface area contributed by atoms with Crippen molar-refractivity contribution in [1.82, 2.24) is 29.2 Å². The minimum absolute atomic E-state index is 0.159. The fraction of sp³-hybridized carbons (Fsp3) is 0.286. The Hall–Kier alpha value is -3.62. The first kappa shape index (κ1) is 17.3. The number of hydrogen-bond donors (Lipinski definition) is 0. The number of aryl methyl sites for hydroxylation is 1. The van der Waals surface area contributed by atoms with Crippen LogP contribution in [0.5, 0.6) is 0 Å². The molecule has 0 radical (unpaired) electrons. The molecule has 2 aliphatic rings. The van der Waals surface area contributed by atoms with E-state index in [1.165, 1.54) is 22.5 Å². The van der Waals surface area contributed by atoms with Crippen LogP contribution in [0.4, 0.5) is 4.39 Å². The third kappa shape index (κ3) is 2.62. The van der Waals surface area contributed by atoms with Crippen LogP contribution in [0.1, 0.15) is 29.6 Å². The molecule has 1 saturated carbocycles. The summed E-state index contributed by atoms with van der Waals surface area (Å²) in [6.07, 6.45) is 6.08. The monoisotopic (exact) mass is 404 g/mol. The smallest absolute Gasteiger partial charge is 0.280 e. The number of fused-ring (bicyclic) bond motifs is 2. The minimum atomic E-state index is -0.220. The van der Waals surface area contributed by atoms with Gasteiger partial charge < -0.3 is 9.09 Å². The van der Waals surface area contributed by atoms with E-state index in [1.54, 1.807) is 30.1 Å². The van der Waals surface area contributed by atoms with Gasteiger partial charge in [0, 0.05) is 13.0 Å². The Labute approximate surface area is 169 Å². The molecule has 1 aromatic carbocycles.